The SMILES string of the molecule is CC(=N)c1ccc(OCCCN(C(=O)OC(C)(C)C)/C(=N\C(=O)OC(C)(C)C)N(CCCCCCCN/C(=N\C(=O)OC(C)(C)C)NC(=O)OC(C)(C)C)C(=O)OC(C)(C)C)cc1. The van der Waals surface area contributed by atoms with Gasteiger partial charge >= 0.3 is 30.5 Å². The summed E-state index contributed by atoms with van der Waals surface area (Å²) in [6, 6.07) is 7.05. The van der Waals surface area contributed by atoms with Crippen LogP contribution < -0.4 is 15.4 Å². The number of benzene rings is 1. The van der Waals surface area contributed by atoms with Gasteiger partial charge in [-0.05, 0) is 160 Å². The van der Waals surface area contributed by atoms with Gasteiger partial charge in [-0.3, -0.25) is 5.32 Å². The summed E-state index contributed by atoms with van der Waals surface area (Å²) in [6.45, 7) is 27.6. The maximum atomic E-state index is 14.0. The van der Waals surface area contributed by atoms with E-state index < -0.39 is 58.5 Å². The molecule has 0 aliphatic rings. The second-order valence-corrected chi connectivity index (χ2v) is 19.8. The molecule has 0 bridgehead atoms. The van der Waals surface area contributed by atoms with Crippen LogP contribution in [0.2, 0.25) is 0 Å². The fourth-order valence-corrected chi connectivity index (χ4v) is 5.05. The highest BCUT2D eigenvalue weighted by atomic mass is 16.6. The van der Waals surface area contributed by atoms with Gasteiger partial charge in [0.15, 0.2) is 0 Å². The monoisotopic (exact) mass is 890 g/mol. The third-order valence-electron chi connectivity index (χ3n) is 7.44. The van der Waals surface area contributed by atoms with E-state index in [1.165, 1.54) is 0 Å². The van der Waals surface area contributed by atoms with Crippen molar-refractivity contribution < 1.29 is 52.4 Å². The van der Waals surface area contributed by atoms with E-state index in [0.717, 1.165) is 15.4 Å². The van der Waals surface area contributed by atoms with E-state index >= 15 is 0 Å². The third-order valence-corrected chi connectivity index (χ3v) is 7.44. The molecule has 63 heavy (non-hydrogen) atoms. The van der Waals surface area contributed by atoms with E-state index in [-0.39, 0.29) is 38.0 Å². The quantitative estimate of drug-likeness (QED) is 0.0688. The van der Waals surface area contributed by atoms with Gasteiger partial charge in [0.05, 0.1) is 6.61 Å². The number of unbranched alkanes of at least 4 members (excludes halogenated alkanes) is 4. The van der Waals surface area contributed by atoms with Gasteiger partial charge in [-0.15, -0.1) is 9.98 Å². The van der Waals surface area contributed by atoms with Crippen molar-refractivity contribution in [2.24, 2.45) is 9.98 Å². The summed E-state index contributed by atoms with van der Waals surface area (Å²) in [7, 11) is 0. The lowest BCUT2D eigenvalue weighted by molar-refractivity contribution is 0.0268. The van der Waals surface area contributed by atoms with Crippen LogP contribution in [-0.4, -0.2) is 112 Å². The first kappa shape index (κ1) is 55.6. The van der Waals surface area contributed by atoms with Gasteiger partial charge in [0.25, 0.3) is 0 Å². The zero-order valence-electron chi connectivity index (χ0n) is 40.7. The molecule has 18 nitrogen and oxygen atoms in total. The Hall–Kier alpha value is -5.42. The Bertz CT molecular complexity index is 1740. The molecule has 0 saturated heterocycles. The second kappa shape index (κ2) is 24.4. The second-order valence-electron chi connectivity index (χ2n) is 19.8. The first-order chi connectivity index (χ1) is 28.7. The molecule has 1 aromatic carbocycles. The number of aliphatic imine (C=N–C) groups is 2. The van der Waals surface area contributed by atoms with E-state index in [0.29, 0.717) is 50.1 Å². The van der Waals surface area contributed by atoms with Crippen molar-refractivity contribution >= 4 is 48.1 Å². The first-order valence-corrected chi connectivity index (χ1v) is 21.4. The molecular weight excluding hydrogens is 815 g/mol. The van der Waals surface area contributed by atoms with E-state index in [9.17, 15) is 24.0 Å². The van der Waals surface area contributed by atoms with Crippen molar-refractivity contribution in [3.05, 3.63) is 29.8 Å². The van der Waals surface area contributed by atoms with Gasteiger partial charge in [-0.1, -0.05) is 19.3 Å². The van der Waals surface area contributed by atoms with Crippen molar-refractivity contribution in [2.45, 2.75) is 177 Å². The number of alkyl carbamates (subject to hydrolysis) is 1. The van der Waals surface area contributed by atoms with Crippen LogP contribution in [0.3, 0.4) is 0 Å². The lowest BCUT2D eigenvalue weighted by Gasteiger charge is -2.34. The molecule has 0 aromatic heterocycles. The van der Waals surface area contributed by atoms with Gasteiger partial charge in [-0.2, -0.15) is 0 Å². The van der Waals surface area contributed by atoms with Crippen LogP contribution in [0.5, 0.6) is 5.75 Å². The maximum absolute atomic E-state index is 14.0. The van der Waals surface area contributed by atoms with Crippen LogP contribution in [0.1, 0.15) is 155 Å². The molecule has 1 aromatic rings. The minimum Gasteiger partial charge on any atom is -0.494 e. The van der Waals surface area contributed by atoms with Gasteiger partial charge in [-0.25, -0.2) is 33.8 Å². The molecule has 0 fully saturated rings. The first-order valence-electron chi connectivity index (χ1n) is 21.4. The lowest BCUT2D eigenvalue weighted by atomic mass is 10.1. The Labute approximate surface area is 374 Å². The lowest BCUT2D eigenvalue weighted by Crippen LogP contribution is -2.53. The molecule has 0 heterocycles. The number of rotatable bonds is 14. The molecule has 0 unspecified atom stereocenters. The fraction of sp³-hybridized carbons (Fsp3) is 0.689. The number of amides is 5. The fourth-order valence-electron chi connectivity index (χ4n) is 5.05. The number of ether oxygens (including phenoxy) is 6. The van der Waals surface area contributed by atoms with Gasteiger partial charge in [0.1, 0.15) is 33.8 Å². The Morgan fingerprint density at radius 1 is 0.571 bits per heavy atom. The van der Waals surface area contributed by atoms with Crippen molar-refractivity contribution in [1.82, 2.24) is 20.4 Å². The van der Waals surface area contributed by atoms with Crippen LogP contribution in [0, 0.1) is 5.41 Å². The van der Waals surface area contributed by atoms with Crippen LogP contribution in [0.15, 0.2) is 34.3 Å². The number of hydrogen-bond donors (Lipinski definition) is 3. The Balaban J connectivity index is 3.32. The summed E-state index contributed by atoms with van der Waals surface area (Å²) in [5.41, 5.74) is -3.23. The Kier molecular flexibility index (Phi) is 21.6. The summed E-state index contributed by atoms with van der Waals surface area (Å²) in [6.07, 6.45) is -1.09. The molecule has 5 amide bonds. The van der Waals surface area contributed by atoms with Gasteiger partial charge < -0.3 is 39.1 Å². The van der Waals surface area contributed by atoms with E-state index in [1.54, 1.807) is 135 Å². The number of carbonyl (C=O) groups is 5. The zero-order valence-corrected chi connectivity index (χ0v) is 40.7. The Morgan fingerprint density at radius 2 is 1.00 bits per heavy atom. The van der Waals surface area contributed by atoms with E-state index in [1.807, 2.05) is 0 Å². The van der Waals surface area contributed by atoms with Crippen molar-refractivity contribution in [3.8, 4) is 5.75 Å². The molecule has 0 spiro atoms. The number of guanidine groups is 2. The number of carbonyl (C=O) groups excluding carboxylic acids is 5. The van der Waals surface area contributed by atoms with Crippen LogP contribution in [0.4, 0.5) is 24.0 Å². The predicted octanol–water partition coefficient (Wildman–Crippen LogP) is 9.96. The summed E-state index contributed by atoms with van der Waals surface area (Å²) in [4.78, 5) is 76.6. The molecule has 0 aliphatic heterocycles. The average Bonchev–Trinajstić information content (AvgIpc) is 3.06. The van der Waals surface area contributed by atoms with Crippen LogP contribution in [-0.2, 0) is 23.7 Å². The molecule has 0 atom stereocenters. The summed E-state index contributed by atoms with van der Waals surface area (Å²) in [5.74, 6) is 0.124. The number of nitrogens with zero attached hydrogens (tertiary/aromatic N) is 4. The normalized spacial score (nSPS) is 12.7. The molecular formula is C45H75N7O11. The van der Waals surface area contributed by atoms with Gasteiger partial charge in [0.2, 0.25) is 11.9 Å². The van der Waals surface area contributed by atoms with Crippen LogP contribution in [0.25, 0.3) is 0 Å². The highest BCUT2D eigenvalue weighted by Crippen LogP contribution is 2.20. The smallest absolute Gasteiger partial charge is 0.437 e. The minimum atomic E-state index is -1.03. The zero-order chi connectivity index (χ0) is 48.4. The topological polar surface area (TPSA) is 220 Å². The largest absolute Gasteiger partial charge is 0.494 e. The molecule has 3 N–H and O–H groups in total. The highest BCUT2D eigenvalue weighted by Gasteiger charge is 2.35. The van der Waals surface area contributed by atoms with Crippen molar-refractivity contribution in [1.29, 1.82) is 5.41 Å². The number of hydrogen-bond acceptors (Lipinski definition) is 12. The molecule has 356 valence electrons. The van der Waals surface area contributed by atoms with Crippen LogP contribution >= 0.6 is 0 Å². The average molecular weight is 890 g/mol. The van der Waals surface area contributed by atoms with E-state index in [4.69, 9.17) is 33.8 Å². The summed E-state index contributed by atoms with van der Waals surface area (Å²) < 4.78 is 33.6. The van der Waals surface area contributed by atoms with Crippen molar-refractivity contribution in [3.63, 3.8) is 0 Å². The van der Waals surface area contributed by atoms with Gasteiger partial charge in [0, 0.05) is 25.3 Å². The molecule has 0 radical (unpaired) electrons. The minimum absolute atomic E-state index is 0.00980. The predicted molar refractivity (Wildman–Crippen MR) is 243 cm³/mol. The molecule has 0 aliphatic carbocycles. The number of nitrogens with one attached hydrogen (secondary N) is 3. The standard InChI is InChI=1S/C45H75N7O11/c1-31(46)32-23-25-33(26-24-32)58-30-22-29-52(40(57)63-45(14,15)16)35(50-38(55)61-43(8,9)10)51(39(56)62-44(11,12)13)28-21-19-17-18-20-27-47-34(48-36(53)59-41(2,3)4)49-37(54)60-42(5,6)7/h23-26,46H,17-22,27-30H2,1-16H3,(H2,47,48,49,53,54)/b46-31?,50-35-. The Morgan fingerprint density at radius 3 is 1.46 bits per heavy atom. The maximum Gasteiger partial charge on any atom is 0.437 e. The summed E-state index contributed by atoms with van der Waals surface area (Å²) in [5, 5.41) is 13.3. The van der Waals surface area contributed by atoms with Crippen molar-refractivity contribution in [2.75, 3.05) is 26.2 Å². The summed E-state index contributed by atoms with van der Waals surface area (Å²) >= 11 is 0. The molecule has 0 saturated carbocycles. The molecule has 18 heteroatoms. The highest BCUT2D eigenvalue weighted by molar-refractivity contribution is 6.05. The third kappa shape index (κ3) is 26.6. The molecule has 1 rings (SSSR count). The van der Waals surface area contributed by atoms with E-state index in [2.05, 4.69) is 20.6 Å².